The fourth-order valence-corrected chi connectivity index (χ4v) is 5.78. The number of Topliss-reactive ketones (excluding diaryl/α,β-unsaturated/α-hetero) is 1. The molecule has 2 N–H and O–H groups in total. The minimum Gasteiger partial charge on any atom is -0.317 e. The second-order valence-corrected chi connectivity index (χ2v) is 13.0. The van der Waals surface area contributed by atoms with Crippen LogP contribution in [0.4, 0.5) is 10.9 Å². The molecule has 2 aromatic heterocycles. The maximum absolute atomic E-state index is 12.2. The second kappa shape index (κ2) is 16.9. The SMILES string of the molecule is CCCCCCNCCCn1c(Nc2sccc2C(C)=O)nc2ccc(CN(CCC(C)C)CCC(C)C)cc21. The summed E-state index contributed by atoms with van der Waals surface area (Å²) < 4.78 is 2.31. The van der Waals surface area contributed by atoms with E-state index in [9.17, 15) is 4.79 Å². The zero-order valence-electron chi connectivity index (χ0n) is 25.9. The summed E-state index contributed by atoms with van der Waals surface area (Å²) in [7, 11) is 0. The molecule has 40 heavy (non-hydrogen) atoms. The molecule has 0 radical (unpaired) electrons. The number of nitrogens with zero attached hydrogens (tertiary/aromatic N) is 3. The first kappa shape index (κ1) is 32.3. The fourth-order valence-electron chi connectivity index (χ4n) is 4.95. The Hall–Kier alpha value is -2.22. The van der Waals surface area contributed by atoms with Gasteiger partial charge in [0.2, 0.25) is 5.95 Å². The third kappa shape index (κ3) is 10.3. The van der Waals surface area contributed by atoms with Crippen molar-refractivity contribution in [2.24, 2.45) is 11.8 Å². The van der Waals surface area contributed by atoms with E-state index >= 15 is 0 Å². The Morgan fingerprint density at radius 2 is 1.73 bits per heavy atom. The van der Waals surface area contributed by atoms with Gasteiger partial charge in [-0.15, -0.1) is 11.3 Å². The highest BCUT2D eigenvalue weighted by Crippen LogP contribution is 2.30. The molecule has 1 aromatic carbocycles. The number of carbonyl (C=O) groups excluding carboxylic acids is 1. The predicted octanol–water partition coefficient (Wildman–Crippen LogP) is 8.50. The molecule has 0 saturated carbocycles. The van der Waals surface area contributed by atoms with E-state index in [0.29, 0.717) is 11.8 Å². The van der Waals surface area contributed by atoms with Crippen LogP contribution in [0.15, 0.2) is 29.6 Å². The van der Waals surface area contributed by atoms with Gasteiger partial charge in [0.15, 0.2) is 5.78 Å². The van der Waals surface area contributed by atoms with E-state index < -0.39 is 0 Å². The molecule has 0 aliphatic heterocycles. The van der Waals surface area contributed by atoms with Crippen LogP contribution in [0.25, 0.3) is 11.0 Å². The Kier molecular flexibility index (Phi) is 13.6. The second-order valence-electron chi connectivity index (χ2n) is 12.1. The van der Waals surface area contributed by atoms with Crippen molar-refractivity contribution in [3.8, 4) is 0 Å². The highest BCUT2D eigenvalue weighted by atomic mass is 32.1. The van der Waals surface area contributed by atoms with E-state index in [1.165, 1.54) is 44.1 Å². The van der Waals surface area contributed by atoms with Gasteiger partial charge in [-0.25, -0.2) is 4.98 Å². The van der Waals surface area contributed by atoms with Gasteiger partial charge in [0.1, 0.15) is 5.00 Å². The normalized spacial score (nSPS) is 11.9. The van der Waals surface area contributed by atoms with Crippen LogP contribution in [-0.2, 0) is 13.1 Å². The summed E-state index contributed by atoms with van der Waals surface area (Å²) in [6.45, 7) is 19.3. The number of fused-ring (bicyclic) bond motifs is 1. The molecule has 0 fully saturated rings. The summed E-state index contributed by atoms with van der Waals surface area (Å²) in [6.07, 6.45) is 8.60. The third-order valence-corrected chi connectivity index (χ3v) is 8.31. The van der Waals surface area contributed by atoms with Crippen molar-refractivity contribution >= 4 is 39.1 Å². The zero-order valence-corrected chi connectivity index (χ0v) is 26.7. The lowest BCUT2D eigenvalue weighted by atomic mass is 10.1. The van der Waals surface area contributed by atoms with Gasteiger partial charge in [0.05, 0.1) is 16.6 Å². The number of thiophene rings is 1. The van der Waals surface area contributed by atoms with E-state index in [4.69, 9.17) is 4.98 Å². The van der Waals surface area contributed by atoms with Gasteiger partial charge in [-0.05, 0) is 99.8 Å². The van der Waals surface area contributed by atoms with Crippen LogP contribution in [0.1, 0.15) is 102 Å². The molecule has 2 heterocycles. The van der Waals surface area contributed by atoms with Gasteiger partial charge in [0, 0.05) is 13.1 Å². The maximum Gasteiger partial charge on any atom is 0.209 e. The van der Waals surface area contributed by atoms with E-state index in [0.717, 1.165) is 73.2 Å². The number of rotatable bonds is 20. The Balaban J connectivity index is 1.81. The minimum atomic E-state index is 0.0730. The average molecular weight is 568 g/mol. The van der Waals surface area contributed by atoms with E-state index in [1.807, 2.05) is 11.4 Å². The third-order valence-electron chi connectivity index (χ3n) is 7.48. The van der Waals surface area contributed by atoms with Crippen LogP contribution in [0.3, 0.4) is 0 Å². The van der Waals surface area contributed by atoms with Crippen molar-refractivity contribution < 1.29 is 4.79 Å². The molecule has 0 unspecified atom stereocenters. The van der Waals surface area contributed by atoms with E-state index in [1.54, 1.807) is 18.3 Å². The van der Waals surface area contributed by atoms with E-state index in [2.05, 4.69) is 72.9 Å². The van der Waals surface area contributed by atoms with Crippen molar-refractivity contribution in [3.63, 3.8) is 0 Å². The molecule has 7 heteroatoms. The lowest BCUT2D eigenvalue weighted by Gasteiger charge is -2.24. The van der Waals surface area contributed by atoms with Gasteiger partial charge in [-0.3, -0.25) is 9.69 Å². The highest BCUT2D eigenvalue weighted by Gasteiger charge is 2.16. The number of nitrogens with one attached hydrogen (secondary N) is 2. The van der Waals surface area contributed by atoms with Crippen LogP contribution in [0.2, 0.25) is 0 Å². The Morgan fingerprint density at radius 3 is 2.40 bits per heavy atom. The van der Waals surface area contributed by atoms with Crippen molar-refractivity contribution in [2.45, 2.75) is 99.6 Å². The molecular weight excluding hydrogens is 514 g/mol. The number of aryl methyl sites for hydroxylation is 1. The minimum absolute atomic E-state index is 0.0730. The van der Waals surface area contributed by atoms with Gasteiger partial charge >= 0.3 is 0 Å². The number of imidazole rings is 1. The quantitative estimate of drug-likeness (QED) is 0.106. The predicted molar refractivity (Wildman–Crippen MR) is 173 cm³/mol. The van der Waals surface area contributed by atoms with Gasteiger partial charge in [0.25, 0.3) is 0 Å². The monoisotopic (exact) mass is 567 g/mol. The number of carbonyl (C=O) groups is 1. The van der Waals surface area contributed by atoms with Gasteiger partial charge in [-0.1, -0.05) is 59.9 Å². The van der Waals surface area contributed by atoms with Crippen LogP contribution < -0.4 is 10.6 Å². The molecule has 0 aliphatic rings. The number of anilines is 2. The topological polar surface area (TPSA) is 62.2 Å². The van der Waals surface area contributed by atoms with Gasteiger partial charge < -0.3 is 15.2 Å². The summed E-state index contributed by atoms with van der Waals surface area (Å²) in [4.78, 5) is 19.8. The van der Waals surface area contributed by atoms with Crippen LogP contribution in [0.5, 0.6) is 0 Å². The average Bonchev–Trinajstić information content (AvgIpc) is 3.51. The standard InChI is InChI=1S/C33H53N5OS/c1-7-8-9-10-17-34-18-11-19-38-31-23-28(24-37(20-14-25(2)3)21-15-26(4)5)12-13-30(31)35-33(38)36-32-29(27(6)39)16-22-40-32/h12-13,16,22-23,25-26,34H,7-11,14-15,17-21,24H2,1-6H3,(H,35,36). The number of hydrogen-bond donors (Lipinski definition) is 2. The molecule has 0 spiro atoms. The Labute approximate surface area is 246 Å². The molecule has 3 aromatic rings. The smallest absolute Gasteiger partial charge is 0.209 e. The highest BCUT2D eigenvalue weighted by molar-refractivity contribution is 7.14. The summed E-state index contributed by atoms with van der Waals surface area (Å²) in [5.41, 5.74) is 4.22. The van der Waals surface area contributed by atoms with Crippen LogP contribution in [0, 0.1) is 11.8 Å². The Morgan fingerprint density at radius 1 is 1.00 bits per heavy atom. The molecule has 0 amide bonds. The summed E-state index contributed by atoms with van der Waals surface area (Å²) in [5.74, 6) is 2.30. The molecule has 0 atom stereocenters. The number of hydrogen-bond acceptors (Lipinski definition) is 6. The molecule has 0 bridgehead atoms. The number of benzene rings is 1. The lowest BCUT2D eigenvalue weighted by Crippen LogP contribution is -2.27. The first-order valence-corrected chi connectivity index (χ1v) is 16.4. The zero-order chi connectivity index (χ0) is 28.9. The molecule has 222 valence electrons. The molecule has 6 nitrogen and oxygen atoms in total. The summed E-state index contributed by atoms with van der Waals surface area (Å²) in [5, 5.41) is 9.97. The van der Waals surface area contributed by atoms with Crippen LogP contribution >= 0.6 is 11.3 Å². The first-order chi connectivity index (χ1) is 19.3. The Bertz CT molecular complexity index is 1150. The molecule has 0 aliphatic carbocycles. The largest absolute Gasteiger partial charge is 0.317 e. The van der Waals surface area contributed by atoms with Crippen molar-refractivity contribution in [2.75, 3.05) is 31.5 Å². The lowest BCUT2D eigenvalue weighted by molar-refractivity contribution is 0.101. The summed E-state index contributed by atoms with van der Waals surface area (Å²) >= 11 is 1.56. The van der Waals surface area contributed by atoms with Gasteiger partial charge in [-0.2, -0.15) is 0 Å². The number of aromatic nitrogens is 2. The molecule has 0 saturated heterocycles. The van der Waals surface area contributed by atoms with Crippen LogP contribution in [-0.4, -0.2) is 46.4 Å². The molecular formula is C33H53N5OS. The van der Waals surface area contributed by atoms with Crippen molar-refractivity contribution in [1.29, 1.82) is 0 Å². The molecule has 3 rings (SSSR count). The maximum atomic E-state index is 12.2. The van der Waals surface area contributed by atoms with Crippen molar-refractivity contribution in [1.82, 2.24) is 19.8 Å². The number of ketones is 1. The first-order valence-electron chi connectivity index (χ1n) is 15.6. The fraction of sp³-hybridized carbons (Fsp3) is 0.636. The summed E-state index contributed by atoms with van der Waals surface area (Å²) in [6, 6.07) is 8.64. The van der Waals surface area contributed by atoms with E-state index in [-0.39, 0.29) is 5.78 Å². The number of unbranched alkanes of at least 4 members (excludes halogenated alkanes) is 3. The van der Waals surface area contributed by atoms with Crippen molar-refractivity contribution in [3.05, 3.63) is 40.8 Å².